The number of aliphatic hydroxyl groups is 1. The average molecular weight is 301 g/mol. The van der Waals surface area contributed by atoms with Gasteiger partial charge in [-0.05, 0) is 46.5 Å². The molecule has 2 atom stereocenters. The van der Waals surface area contributed by atoms with Crippen LogP contribution in [0.3, 0.4) is 0 Å². The van der Waals surface area contributed by atoms with Gasteiger partial charge < -0.3 is 20.3 Å². The van der Waals surface area contributed by atoms with Crippen LogP contribution >= 0.6 is 0 Å². The van der Waals surface area contributed by atoms with Gasteiger partial charge in [0.2, 0.25) is 0 Å². The highest BCUT2D eigenvalue weighted by Crippen LogP contribution is 2.42. The number of amides is 1. The van der Waals surface area contributed by atoms with E-state index in [1.165, 1.54) is 0 Å². The van der Waals surface area contributed by atoms with Crippen LogP contribution in [0.2, 0.25) is 0 Å². The number of carbonyl (C=O) groups is 2. The molecule has 0 saturated heterocycles. The molecule has 122 valence electrons. The van der Waals surface area contributed by atoms with Gasteiger partial charge in [0.25, 0.3) is 0 Å². The summed E-state index contributed by atoms with van der Waals surface area (Å²) in [4.78, 5) is 23.4. The summed E-state index contributed by atoms with van der Waals surface area (Å²) in [6.45, 7) is 6.78. The van der Waals surface area contributed by atoms with Gasteiger partial charge in [0.1, 0.15) is 5.60 Å². The topological polar surface area (TPSA) is 95.9 Å². The van der Waals surface area contributed by atoms with Crippen molar-refractivity contribution in [2.24, 2.45) is 11.3 Å². The van der Waals surface area contributed by atoms with Gasteiger partial charge in [-0.1, -0.05) is 12.8 Å². The maximum atomic E-state index is 11.7. The van der Waals surface area contributed by atoms with Crippen molar-refractivity contribution in [3.63, 3.8) is 0 Å². The fourth-order valence-corrected chi connectivity index (χ4v) is 2.47. The molecule has 1 rings (SSSR count). The molecule has 1 aliphatic carbocycles. The Morgan fingerprint density at radius 1 is 1.33 bits per heavy atom. The molecule has 0 radical (unpaired) electrons. The minimum absolute atomic E-state index is 0.0291. The van der Waals surface area contributed by atoms with Gasteiger partial charge in [0.15, 0.2) is 0 Å². The summed E-state index contributed by atoms with van der Waals surface area (Å²) in [5.41, 5.74) is -1.76. The molecule has 2 unspecified atom stereocenters. The number of hydrogen-bond acceptors (Lipinski definition) is 4. The van der Waals surface area contributed by atoms with Gasteiger partial charge in [-0.15, -0.1) is 0 Å². The lowest BCUT2D eigenvalue weighted by Gasteiger charge is -2.31. The number of carbonyl (C=O) groups excluding carboxylic acids is 1. The number of alkyl carbamates (subject to hydrolysis) is 1. The van der Waals surface area contributed by atoms with Crippen LogP contribution in [0.1, 0.15) is 53.4 Å². The second-order valence-electron chi connectivity index (χ2n) is 7.14. The Hall–Kier alpha value is -1.30. The Bertz CT molecular complexity index is 378. The van der Waals surface area contributed by atoms with Crippen LogP contribution < -0.4 is 5.32 Å². The third-order valence-electron chi connectivity index (χ3n) is 3.49. The summed E-state index contributed by atoms with van der Waals surface area (Å²) in [6, 6.07) is 0. The fourth-order valence-electron chi connectivity index (χ4n) is 2.47. The van der Waals surface area contributed by atoms with Crippen LogP contribution in [0.5, 0.6) is 0 Å². The summed E-state index contributed by atoms with van der Waals surface area (Å²) in [6.07, 6.45) is 1.26. The molecule has 0 aliphatic heterocycles. The summed E-state index contributed by atoms with van der Waals surface area (Å²) >= 11 is 0. The van der Waals surface area contributed by atoms with Crippen molar-refractivity contribution in [1.82, 2.24) is 5.32 Å². The molecular formula is C15H27NO5. The van der Waals surface area contributed by atoms with Crippen molar-refractivity contribution >= 4 is 12.1 Å². The Morgan fingerprint density at radius 3 is 2.29 bits per heavy atom. The molecule has 0 bridgehead atoms. The smallest absolute Gasteiger partial charge is 0.407 e. The fraction of sp³-hybridized carbons (Fsp3) is 0.867. The molecule has 6 nitrogen and oxygen atoms in total. The van der Waals surface area contributed by atoms with Gasteiger partial charge in [0, 0.05) is 6.54 Å². The summed E-state index contributed by atoms with van der Waals surface area (Å²) in [5.74, 6) is -0.605. The minimum atomic E-state index is -1.13. The molecule has 6 heteroatoms. The van der Waals surface area contributed by atoms with Crippen molar-refractivity contribution in [1.29, 1.82) is 0 Å². The van der Waals surface area contributed by atoms with Crippen LogP contribution in [0, 0.1) is 11.3 Å². The van der Waals surface area contributed by atoms with E-state index in [-0.39, 0.29) is 13.0 Å². The van der Waals surface area contributed by atoms with Gasteiger partial charge in [0.05, 0.1) is 11.5 Å². The van der Waals surface area contributed by atoms with Crippen molar-refractivity contribution in [2.75, 3.05) is 6.54 Å². The first kappa shape index (κ1) is 17.8. The van der Waals surface area contributed by atoms with Crippen molar-refractivity contribution in [2.45, 2.75) is 65.1 Å². The van der Waals surface area contributed by atoms with Gasteiger partial charge in [-0.3, -0.25) is 4.79 Å². The number of ether oxygens (including phenoxy) is 1. The van der Waals surface area contributed by atoms with Crippen LogP contribution in [0.25, 0.3) is 0 Å². The van der Waals surface area contributed by atoms with Gasteiger partial charge >= 0.3 is 12.1 Å². The molecule has 1 amide bonds. The number of rotatable bonds is 7. The summed E-state index contributed by atoms with van der Waals surface area (Å²) < 4.78 is 5.13. The van der Waals surface area contributed by atoms with E-state index >= 15 is 0 Å². The van der Waals surface area contributed by atoms with E-state index in [9.17, 15) is 19.8 Å². The Balaban J connectivity index is 2.71. The lowest BCUT2D eigenvalue weighted by molar-refractivity contribution is -0.151. The van der Waals surface area contributed by atoms with Crippen LogP contribution in [0.15, 0.2) is 0 Å². The average Bonchev–Trinajstić information content (AvgIpc) is 3.06. The maximum absolute atomic E-state index is 11.7. The molecule has 0 spiro atoms. The highest BCUT2D eigenvalue weighted by atomic mass is 16.6. The molecule has 0 heterocycles. The Kier molecular flexibility index (Phi) is 5.61. The van der Waals surface area contributed by atoms with E-state index in [2.05, 4.69) is 5.32 Å². The molecule has 1 fully saturated rings. The summed E-state index contributed by atoms with van der Waals surface area (Å²) in [5, 5.41) is 21.8. The number of carboxylic acid groups (broad SMARTS) is 1. The lowest BCUT2D eigenvalue weighted by atomic mass is 9.77. The number of aliphatic carboxylic acids is 1. The molecule has 0 aromatic rings. The standard InChI is InChI=1S/C15H27NO5/c1-10(17)7-15(12(18)19,8-11-5-6-11)9-16-13(20)21-14(2,3)4/h10-11,17H,5-9H2,1-4H3,(H,16,20)(H,18,19). The SMILES string of the molecule is CC(O)CC(CNC(=O)OC(C)(C)C)(CC1CC1)C(=O)O. The molecule has 0 aromatic heterocycles. The number of carboxylic acids is 1. The van der Waals surface area contributed by atoms with E-state index in [0.717, 1.165) is 12.8 Å². The first-order valence-electron chi connectivity index (χ1n) is 7.42. The zero-order valence-electron chi connectivity index (χ0n) is 13.3. The first-order chi connectivity index (χ1) is 9.54. The van der Waals surface area contributed by atoms with Crippen molar-refractivity contribution in [3.8, 4) is 0 Å². The van der Waals surface area contributed by atoms with Gasteiger partial charge in [-0.2, -0.15) is 0 Å². The van der Waals surface area contributed by atoms with E-state index in [1.807, 2.05) is 0 Å². The van der Waals surface area contributed by atoms with Crippen molar-refractivity contribution < 1.29 is 24.5 Å². The number of nitrogens with one attached hydrogen (secondary N) is 1. The predicted octanol–water partition coefficient (Wildman–Crippen LogP) is 2.15. The third-order valence-corrected chi connectivity index (χ3v) is 3.49. The molecule has 3 N–H and O–H groups in total. The van der Waals surface area contributed by atoms with Crippen LogP contribution in [-0.2, 0) is 9.53 Å². The van der Waals surface area contributed by atoms with Gasteiger partial charge in [-0.25, -0.2) is 4.79 Å². The number of aliphatic hydroxyl groups excluding tert-OH is 1. The van der Waals surface area contributed by atoms with Crippen LogP contribution in [-0.4, -0.2) is 40.5 Å². The zero-order chi connectivity index (χ0) is 16.3. The molecule has 1 saturated carbocycles. The third kappa shape index (κ3) is 6.33. The van der Waals surface area contributed by atoms with E-state index in [0.29, 0.717) is 12.3 Å². The van der Waals surface area contributed by atoms with E-state index < -0.39 is 29.2 Å². The van der Waals surface area contributed by atoms with E-state index in [1.54, 1.807) is 27.7 Å². The lowest BCUT2D eigenvalue weighted by Crippen LogP contribution is -2.46. The minimum Gasteiger partial charge on any atom is -0.481 e. The zero-order valence-corrected chi connectivity index (χ0v) is 13.3. The van der Waals surface area contributed by atoms with E-state index in [4.69, 9.17) is 4.74 Å². The maximum Gasteiger partial charge on any atom is 0.407 e. The number of hydrogen-bond donors (Lipinski definition) is 3. The molecular weight excluding hydrogens is 274 g/mol. The normalized spacial score (nSPS) is 19.5. The highest BCUT2D eigenvalue weighted by Gasteiger charge is 2.44. The Morgan fingerprint density at radius 2 is 1.90 bits per heavy atom. The Labute approximate surface area is 125 Å². The van der Waals surface area contributed by atoms with Crippen molar-refractivity contribution in [3.05, 3.63) is 0 Å². The molecule has 1 aliphatic rings. The second-order valence-corrected chi connectivity index (χ2v) is 7.14. The highest BCUT2D eigenvalue weighted by molar-refractivity contribution is 5.76. The molecule has 0 aromatic carbocycles. The second kappa shape index (κ2) is 6.64. The molecule has 21 heavy (non-hydrogen) atoms. The summed E-state index contributed by atoms with van der Waals surface area (Å²) in [7, 11) is 0. The monoisotopic (exact) mass is 301 g/mol. The first-order valence-corrected chi connectivity index (χ1v) is 7.42. The van der Waals surface area contributed by atoms with Crippen LogP contribution in [0.4, 0.5) is 4.79 Å². The largest absolute Gasteiger partial charge is 0.481 e. The quantitative estimate of drug-likeness (QED) is 0.669. The predicted molar refractivity (Wildman–Crippen MR) is 77.9 cm³/mol.